The minimum atomic E-state index is -3.90. The van der Waals surface area contributed by atoms with E-state index >= 15 is 0 Å². The van der Waals surface area contributed by atoms with E-state index in [9.17, 15) is 17.6 Å². The summed E-state index contributed by atoms with van der Waals surface area (Å²) in [6.45, 7) is -0.310. The van der Waals surface area contributed by atoms with Crippen LogP contribution in [0.4, 0.5) is 4.39 Å². The maximum absolute atomic E-state index is 13.0. The second-order valence-corrected chi connectivity index (χ2v) is 8.33. The quantitative estimate of drug-likeness (QED) is 0.565. The Labute approximate surface area is 174 Å². The zero-order valence-corrected chi connectivity index (χ0v) is 16.9. The van der Waals surface area contributed by atoms with Gasteiger partial charge >= 0.3 is 0 Å². The molecule has 3 rings (SSSR count). The maximum Gasteiger partial charge on any atom is 0.237 e. The van der Waals surface area contributed by atoms with Crippen molar-refractivity contribution in [2.45, 2.75) is 13.1 Å². The second kappa shape index (κ2) is 10.00. The molecule has 1 amide bonds. The summed E-state index contributed by atoms with van der Waals surface area (Å²) < 4.78 is 45.0. The molecule has 156 valence electrons. The van der Waals surface area contributed by atoms with Crippen molar-refractivity contribution in [3.63, 3.8) is 0 Å². The molecule has 0 fully saturated rings. The fraction of sp³-hybridized carbons (Fsp3) is 0.136. The van der Waals surface area contributed by atoms with Crippen LogP contribution in [0, 0.1) is 5.82 Å². The highest BCUT2D eigenvalue weighted by Gasteiger charge is 2.23. The van der Waals surface area contributed by atoms with Gasteiger partial charge in [-0.25, -0.2) is 12.8 Å². The molecule has 0 spiro atoms. The third kappa shape index (κ3) is 6.40. The molecule has 1 heterocycles. The van der Waals surface area contributed by atoms with Gasteiger partial charge < -0.3 is 9.73 Å². The number of carbonyl (C=O) groups excluding carboxylic acids is 1. The van der Waals surface area contributed by atoms with Crippen molar-refractivity contribution in [2.75, 3.05) is 6.54 Å². The van der Waals surface area contributed by atoms with Crippen molar-refractivity contribution in [1.29, 1.82) is 0 Å². The number of amides is 1. The Morgan fingerprint density at radius 3 is 2.43 bits per heavy atom. The monoisotopic (exact) mass is 428 g/mol. The van der Waals surface area contributed by atoms with E-state index in [-0.39, 0.29) is 25.5 Å². The summed E-state index contributed by atoms with van der Waals surface area (Å²) in [7, 11) is -3.90. The third-order valence-electron chi connectivity index (χ3n) is 4.23. The maximum atomic E-state index is 13.0. The Morgan fingerprint density at radius 2 is 1.77 bits per heavy atom. The fourth-order valence-corrected chi connectivity index (χ4v) is 3.75. The third-order valence-corrected chi connectivity index (χ3v) is 5.69. The summed E-state index contributed by atoms with van der Waals surface area (Å²) in [5.41, 5.74) is 1.42. The van der Waals surface area contributed by atoms with Crippen molar-refractivity contribution >= 4 is 22.0 Å². The van der Waals surface area contributed by atoms with Crippen LogP contribution in [0.2, 0.25) is 0 Å². The van der Waals surface area contributed by atoms with Gasteiger partial charge in [-0.3, -0.25) is 4.79 Å². The number of hydrogen-bond acceptors (Lipinski definition) is 4. The summed E-state index contributed by atoms with van der Waals surface area (Å²) in [6.07, 6.45) is 2.91. The van der Waals surface area contributed by atoms with Crippen LogP contribution < -0.4 is 5.32 Å². The molecule has 0 saturated carbocycles. The van der Waals surface area contributed by atoms with Gasteiger partial charge in [0, 0.05) is 12.0 Å². The number of furan rings is 1. The Balaban J connectivity index is 1.70. The van der Waals surface area contributed by atoms with Gasteiger partial charge in [0.15, 0.2) is 0 Å². The Kier molecular flexibility index (Phi) is 7.16. The average molecular weight is 428 g/mol. The first-order chi connectivity index (χ1) is 14.4. The SMILES string of the molecule is O=C(CN(Cc1ccco1)S(=O)(=O)C=Cc1ccccc1)NCc1ccc(F)cc1. The van der Waals surface area contributed by atoms with Crippen molar-refractivity contribution in [1.82, 2.24) is 9.62 Å². The molecule has 6 nitrogen and oxygen atoms in total. The zero-order valence-electron chi connectivity index (χ0n) is 16.1. The van der Waals surface area contributed by atoms with E-state index in [0.717, 1.165) is 15.3 Å². The molecule has 0 aliphatic rings. The van der Waals surface area contributed by atoms with Crippen LogP contribution in [0.15, 0.2) is 82.8 Å². The lowest BCUT2D eigenvalue weighted by Crippen LogP contribution is -2.39. The van der Waals surface area contributed by atoms with E-state index in [1.54, 1.807) is 48.5 Å². The van der Waals surface area contributed by atoms with Crippen LogP contribution in [-0.2, 0) is 27.9 Å². The highest BCUT2D eigenvalue weighted by atomic mass is 32.2. The minimum Gasteiger partial charge on any atom is -0.468 e. The zero-order chi connectivity index (χ0) is 21.4. The van der Waals surface area contributed by atoms with E-state index in [1.165, 1.54) is 24.5 Å². The molecule has 3 aromatic rings. The van der Waals surface area contributed by atoms with E-state index < -0.39 is 15.9 Å². The molecule has 0 saturated heterocycles. The molecular weight excluding hydrogens is 407 g/mol. The van der Waals surface area contributed by atoms with Crippen LogP contribution in [-0.4, -0.2) is 25.2 Å². The summed E-state index contributed by atoms with van der Waals surface area (Å²) >= 11 is 0. The predicted molar refractivity (Wildman–Crippen MR) is 112 cm³/mol. The van der Waals surface area contributed by atoms with Gasteiger partial charge in [0.25, 0.3) is 0 Å². The van der Waals surface area contributed by atoms with Crippen molar-refractivity contribution in [3.05, 3.63) is 101 Å². The van der Waals surface area contributed by atoms with E-state index in [4.69, 9.17) is 4.42 Å². The first-order valence-corrected chi connectivity index (χ1v) is 10.7. The molecule has 0 atom stereocenters. The number of benzene rings is 2. The lowest BCUT2D eigenvalue weighted by molar-refractivity contribution is -0.121. The lowest BCUT2D eigenvalue weighted by Gasteiger charge is -2.19. The highest BCUT2D eigenvalue weighted by Crippen LogP contribution is 2.13. The highest BCUT2D eigenvalue weighted by molar-refractivity contribution is 7.92. The number of sulfonamides is 1. The smallest absolute Gasteiger partial charge is 0.237 e. The number of nitrogens with one attached hydrogen (secondary N) is 1. The van der Waals surface area contributed by atoms with E-state index in [0.29, 0.717) is 11.3 Å². The van der Waals surface area contributed by atoms with Crippen LogP contribution in [0.25, 0.3) is 6.08 Å². The molecule has 8 heteroatoms. The van der Waals surface area contributed by atoms with Crippen LogP contribution in [0.5, 0.6) is 0 Å². The van der Waals surface area contributed by atoms with Gasteiger partial charge in [-0.05, 0) is 41.5 Å². The first-order valence-electron chi connectivity index (χ1n) is 9.19. The molecule has 0 aliphatic carbocycles. The second-order valence-electron chi connectivity index (χ2n) is 6.51. The van der Waals surface area contributed by atoms with Gasteiger partial charge in [-0.15, -0.1) is 0 Å². The topological polar surface area (TPSA) is 79.6 Å². The van der Waals surface area contributed by atoms with Crippen LogP contribution in [0.3, 0.4) is 0 Å². The normalized spacial score (nSPS) is 11.8. The van der Waals surface area contributed by atoms with Gasteiger partial charge in [0.1, 0.15) is 11.6 Å². The molecule has 30 heavy (non-hydrogen) atoms. The van der Waals surface area contributed by atoms with E-state index in [2.05, 4.69) is 5.32 Å². The lowest BCUT2D eigenvalue weighted by atomic mass is 10.2. The van der Waals surface area contributed by atoms with Crippen LogP contribution >= 0.6 is 0 Å². The molecule has 1 N–H and O–H groups in total. The standard InChI is InChI=1S/C22H21FN2O4S/c23-20-10-8-19(9-11-20)15-24-22(26)17-25(16-21-7-4-13-29-21)30(27,28)14-12-18-5-2-1-3-6-18/h1-14H,15-17H2,(H,24,26). The summed E-state index contributed by atoms with van der Waals surface area (Å²) in [4.78, 5) is 12.4. The van der Waals surface area contributed by atoms with Crippen molar-refractivity contribution in [3.8, 4) is 0 Å². The Morgan fingerprint density at radius 1 is 1.03 bits per heavy atom. The first kappa shape index (κ1) is 21.5. The van der Waals surface area contributed by atoms with E-state index in [1.807, 2.05) is 6.07 Å². The van der Waals surface area contributed by atoms with Gasteiger partial charge in [-0.2, -0.15) is 4.31 Å². The molecule has 0 unspecified atom stereocenters. The van der Waals surface area contributed by atoms with Crippen molar-refractivity contribution < 1.29 is 22.0 Å². The summed E-state index contributed by atoms with van der Waals surface area (Å²) in [5.74, 6) is -0.438. The summed E-state index contributed by atoms with van der Waals surface area (Å²) in [5, 5.41) is 3.72. The molecule has 0 radical (unpaired) electrons. The number of rotatable bonds is 9. The molecular formula is C22H21FN2O4S. The number of carbonyl (C=O) groups is 1. The Hall–Kier alpha value is -3.23. The minimum absolute atomic E-state index is 0.0849. The molecule has 0 bridgehead atoms. The summed E-state index contributed by atoms with van der Waals surface area (Å²) in [6, 6.07) is 18.0. The number of halogens is 1. The van der Waals surface area contributed by atoms with Gasteiger partial charge in [-0.1, -0.05) is 42.5 Å². The van der Waals surface area contributed by atoms with Crippen LogP contribution in [0.1, 0.15) is 16.9 Å². The fourth-order valence-electron chi connectivity index (χ4n) is 2.65. The Bertz CT molecular complexity index is 1080. The largest absolute Gasteiger partial charge is 0.468 e. The molecule has 0 aliphatic heterocycles. The van der Waals surface area contributed by atoms with Crippen molar-refractivity contribution in [2.24, 2.45) is 0 Å². The number of nitrogens with zero attached hydrogens (tertiary/aromatic N) is 1. The molecule has 1 aromatic heterocycles. The molecule has 2 aromatic carbocycles. The number of hydrogen-bond donors (Lipinski definition) is 1. The average Bonchev–Trinajstić information content (AvgIpc) is 3.25. The van der Waals surface area contributed by atoms with Gasteiger partial charge in [0.2, 0.25) is 15.9 Å². The van der Waals surface area contributed by atoms with Gasteiger partial charge in [0.05, 0.1) is 19.4 Å². The predicted octanol–water partition coefficient (Wildman–Crippen LogP) is 3.54.